The van der Waals surface area contributed by atoms with E-state index in [9.17, 15) is 4.79 Å². The maximum atomic E-state index is 12.2. The zero-order valence-electron chi connectivity index (χ0n) is 12.9. The van der Waals surface area contributed by atoms with Gasteiger partial charge in [-0.3, -0.25) is 4.57 Å². The van der Waals surface area contributed by atoms with E-state index >= 15 is 0 Å². The summed E-state index contributed by atoms with van der Waals surface area (Å²) in [5.41, 5.74) is 2.67. The Morgan fingerprint density at radius 2 is 2.21 bits per heavy atom. The second-order valence-corrected chi connectivity index (χ2v) is 6.88. The minimum Gasteiger partial charge on any atom is -0.306 e. The molecule has 1 N–H and O–H groups in total. The summed E-state index contributed by atoms with van der Waals surface area (Å²) in [4.78, 5) is 24.0. The van der Waals surface area contributed by atoms with Crippen LogP contribution in [0.2, 0.25) is 0 Å². The van der Waals surface area contributed by atoms with Crippen molar-refractivity contribution in [2.45, 2.75) is 18.9 Å². The van der Waals surface area contributed by atoms with E-state index in [1.165, 1.54) is 11.3 Å². The highest BCUT2D eigenvalue weighted by Gasteiger charge is 2.27. The number of nitrogens with one attached hydrogen (secondary N) is 1. The molecule has 24 heavy (non-hydrogen) atoms. The Hall–Kier alpha value is -2.74. The van der Waals surface area contributed by atoms with Crippen LogP contribution in [-0.2, 0) is 7.05 Å². The minimum atomic E-state index is -0.0360. The summed E-state index contributed by atoms with van der Waals surface area (Å²) in [6.07, 6.45) is 3.90. The average Bonchev–Trinajstić information content (AvgIpc) is 2.99. The topological polar surface area (TPSA) is 81.4 Å². The quantitative estimate of drug-likeness (QED) is 0.622. The molecule has 0 radical (unpaired) electrons. The van der Waals surface area contributed by atoms with E-state index in [1.54, 1.807) is 10.9 Å². The molecule has 0 spiro atoms. The number of fused-ring (bicyclic) bond motifs is 1. The fourth-order valence-corrected chi connectivity index (χ4v) is 3.59. The molecule has 3 heterocycles. The fourth-order valence-electron chi connectivity index (χ4n) is 3.03. The predicted octanol–water partition coefficient (Wildman–Crippen LogP) is 2.58. The van der Waals surface area contributed by atoms with Crippen molar-refractivity contribution in [1.29, 1.82) is 0 Å². The summed E-state index contributed by atoms with van der Waals surface area (Å²) in [5, 5.41) is 7.15. The molecule has 0 amide bonds. The van der Waals surface area contributed by atoms with Gasteiger partial charge in [0.15, 0.2) is 10.8 Å². The first-order valence-electron chi connectivity index (χ1n) is 7.76. The standard InChI is InChI=1S/C16H14N6OS/c1-21-14(19-13(20-21)15-17-6-7-24-15)9-2-5-12-11(8-9)18-16(23)22(12)10-3-4-10/h2,5-8,10H,3-4H2,1H3,(H,18,23). The summed E-state index contributed by atoms with van der Waals surface area (Å²) in [5.74, 6) is 1.37. The third kappa shape index (κ3) is 2.03. The van der Waals surface area contributed by atoms with E-state index < -0.39 is 0 Å². The van der Waals surface area contributed by atoms with Gasteiger partial charge in [-0.15, -0.1) is 16.4 Å². The molecule has 4 aromatic rings. The molecule has 0 aliphatic heterocycles. The molecule has 1 aliphatic carbocycles. The molecule has 0 unspecified atom stereocenters. The van der Waals surface area contributed by atoms with Crippen molar-refractivity contribution < 1.29 is 0 Å². The summed E-state index contributed by atoms with van der Waals surface area (Å²) in [6.45, 7) is 0. The van der Waals surface area contributed by atoms with Gasteiger partial charge in [0.1, 0.15) is 0 Å². The number of aromatic amines is 1. The molecule has 5 rings (SSSR count). The number of aryl methyl sites for hydroxylation is 1. The molecule has 0 atom stereocenters. The number of hydrogen-bond donors (Lipinski definition) is 1. The molecule has 8 heteroatoms. The molecule has 0 bridgehead atoms. The van der Waals surface area contributed by atoms with Crippen molar-refractivity contribution in [1.82, 2.24) is 29.3 Å². The fraction of sp³-hybridized carbons (Fsp3) is 0.250. The Morgan fingerprint density at radius 3 is 2.96 bits per heavy atom. The van der Waals surface area contributed by atoms with Crippen LogP contribution in [0.5, 0.6) is 0 Å². The van der Waals surface area contributed by atoms with Gasteiger partial charge >= 0.3 is 5.69 Å². The van der Waals surface area contributed by atoms with Crippen LogP contribution in [0.3, 0.4) is 0 Å². The molecule has 1 aliphatic rings. The number of benzene rings is 1. The van der Waals surface area contributed by atoms with Gasteiger partial charge in [-0.25, -0.2) is 19.4 Å². The van der Waals surface area contributed by atoms with Crippen molar-refractivity contribution in [3.05, 3.63) is 40.3 Å². The van der Waals surface area contributed by atoms with E-state index in [2.05, 4.69) is 20.1 Å². The molecule has 1 saturated carbocycles. The summed E-state index contributed by atoms with van der Waals surface area (Å²) >= 11 is 1.51. The van der Waals surface area contributed by atoms with E-state index in [0.29, 0.717) is 11.9 Å². The van der Waals surface area contributed by atoms with Gasteiger partial charge in [0, 0.05) is 30.2 Å². The Bertz CT molecular complexity index is 1100. The van der Waals surface area contributed by atoms with Crippen LogP contribution in [0.15, 0.2) is 34.6 Å². The van der Waals surface area contributed by atoms with Crippen LogP contribution in [0.4, 0.5) is 0 Å². The first kappa shape index (κ1) is 13.7. The Labute approximate surface area is 140 Å². The zero-order valence-corrected chi connectivity index (χ0v) is 13.7. The van der Waals surface area contributed by atoms with Crippen LogP contribution < -0.4 is 5.69 Å². The molecular formula is C16H14N6OS. The largest absolute Gasteiger partial charge is 0.326 e. The first-order valence-corrected chi connectivity index (χ1v) is 8.64. The van der Waals surface area contributed by atoms with Gasteiger partial charge in [0.2, 0.25) is 5.82 Å². The van der Waals surface area contributed by atoms with E-state index in [0.717, 1.165) is 40.3 Å². The number of nitrogens with zero attached hydrogens (tertiary/aromatic N) is 5. The Morgan fingerprint density at radius 1 is 1.33 bits per heavy atom. The van der Waals surface area contributed by atoms with Crippen molar-refractivity contribution in [2.75, 3.05) is 0 Å². The SMILES string of the molecule is Cn1nc(-c2nccs2)nc1-c1ccc2c(c1)[nH]c(=O)n2C1CC1. The maximum absolute atomic E-state index is 12.2. The number of imidazole rings is 1. The number of rotatable bonds is 3. The van der Waals surface area contributed by atoms with Crippen LogP contribution in [0, 0.1) is 0 Å². The van der Waals surface area contributed by atoms with Crippen molar-refractivity contribution in [3.63, 3.8) is 0 Å². The third-order valence-corrected chi connectivity index (χ3v) is 5.04. The number of aromatic nitrogens is 6. The first-order chi connectivity index (χ1) is 11.7. The van der Waals surface area contributed by atoms with Crippen molar-refractivity contribution in [3.8, 4) is 22.2 Å². The van der Waals surface area contributed by atoms with Gasteiger partial charge in [-0.2, -0.15) is 0 Å². The lowest BCUT2D eigenvalue weighted by molar-refractivity contribution is 0.733. The van der Waals surface area contributed by atoms with Gasteiger partial charge in [0.25, 0.3) is 0 Å². The molecule has 1 fully saturated rings. The highest BCUT2D eigenvalue weighted by atomic mass is 32.1. The van der Waals surface area contributed by atoms with E-state index in [-0.39, 0.29) is 5.69 Å². The monoisotopic (exact) mass is 338 g/mol. The van der Waals surface area contributed by atoms with Gasteiger partial charge in [-0.1, -0.05) is 0 Å². The van der Waals surface area contributed by atoms with Crippen LogP contribution >= 0.6 is 11.3 Å². The van der Waals surface area contributed by atoms with E-state index in [1.807, 2.05) is 35.2 Å². The average molecular weight is 338 g/mol. The Kier molecular flexibility index (Phi) is 2.78. The number of thiazole rings is 1. The van der Waals surface area contributed by atoms with Gasteiger partial charge < -0.3 is 4.98 Å². The normalized spacial score (nSPS) is 14.5. The lowest BCUT2D eigenvalue weighted by Crippen LogP contribution is -2.14. The van der Waals surface area contributed by atoms with Crippen molar-refractivity contribution in [2.24, 2.45) is 7.05 Å². The minimum absolute atomic E-state index is 0.0360. The molecular weight excluding hydrogens is 324 g/mol. The third-order valence-electron chi connectivity index (χ3n) is 4.27. The lowest BCUT2D eigenvalue weighted by Gasteiger charge is -2.02. The zero-order chi connectivity index (χ0) is 16.3. The Balaban J connectivity index is 1.63. The highest BCUT2D eigenvalue weighted by Crippen LogP contribution is 2.36. The van der Waals surface area contributed by atoms with Crippen molar-refractivity contribution >= 4 is 22.4 Å². The predicted molar refractivity (Wildman–Crippen MR) is 91.9 cm³/mol. The van der Waals surface area contributed by atoms with Crippen LogP contribution in [0.1, 0.15) is 18.9 Å². The molecule has 0 saturated heterocycles. The second kappa shape index (κ2) is 4.88. The lowest BCUT2D eigenvalue weighted by atomic mass is 10.2. The summed E-state index contributed by atoms with van der Waals surface area (Å²) in [6, 6.07) is 6.29. The maximum Gasteiger partial charge on any atom is 0.326 e. The second-order valence-electron chi connectivity index (χ2n) is 5.98. The summed E-state index contributed by atoms with van der Waals surface area (Å²) < 4.78 is 3.60. The summed E-state index contributed by atoms with van der Waals surface area (Å²) in [7, 11) is 1.86. The van der Waals surface area contributed by atoms with E-state index in [4.69, 9.17) is 0 Å². The van der Waals surface area contributed by atoms with Crippen LogP contribution in [0.25, 0.3) is 33.3 Å². The molecule has 7 nitrogen and oxygen atoms in total. The van der Waals surface area contributed by atoms with Gasteiger partial charge in [-0.05, 0) is 31.0 Å². The van der Waals surface area contributed by atoms with Gasteiger partial charge in [0.05, 0.1) is 11.0 Å². The smallest absolute Gasteiger partial charge is 0.306 e. The number of hydrogen-bond acceptors (Lipinski definition) is 5. The molecule has 3 aromatic heterocycles. The molecule has 120 valence electrons. The highest BCUT2D eigenvalue weighted by molar-refractivity contribution is 7.13. The number of H-pyrrole nitrogens is 1. The van der Waals surface area contributed by atoms with Crippen LogP contribution in [-0.4, -0.2) is 29.3 Å². The molecule has 1 aromatic carbocycles.